The summed E-state index contributed by atoms with van der Waals surface area (Å²) in [6.07, 6.45) is 0. The Morgan fingerprint density at radius 1 is 0.917 bits per heavy atom. The minimum absolute atomic E-state index is 0. The van der Waals surface area contributed by atoms with Crippen molar-refractivity contribution in [3.05, 3.63) is 0 Å². The second kappa shape index (κ2) is 29.8. The molecule has 0 fully saturated rings. The molecule has 0 saturated heterocycles. The Bertz CT molecular complexity index is 41.3. The number of hydrogen-bond donors (Lipinski definition) is 3. The van der Waals surface area contributed by atoms with E-state index in [1.54, 1.807) is 13.8 Å². The molecule has 0 aliphatic heterocycles. The zero-order valence-electron chi connectivity index (χ0n) is 8.54. The maximum Gasteiger partial charge on any atom is 0.0453 e. The molecule has 3 nitrogen and oxygen atoms in total. The summed E-state index contributed by atoms with van der Waals surface area (Å²) in [5.41, 5.74) is 0. The maximum absolute atomic E-state index is 8.14. The minimum atomic E-state index is 0. The van der Waals surface area contributed by atoms with E-state index in [4.69, 9.17) is 15.3 Å². The quantitative estimate of drug-likeness (QED) is 0.612. The third-order valence-electron chi connectivity index (χ3n) is 0.365. The Labute approximate surface area is 94.6 Å². The van der Waals surface area contributed by atoms with Crippen molar-refractivity contribution < 1.29 is 41.2 Å². The van der Waals surface area contributed by atoms with Crippen LogP contribution in [0.5, 0.6) is 0 Å². The summed E-state index contributed by atoms with van der Waals surface area (Å²) >= 11 is 0. The maximum atomic E-state index is 8.14. The van der Waals surface area contributed by atoms with Crippen LogP contribution in [0.2, 0.25) is 0 Å². The van der Waals surface area contributed by atoms with Crippen LogP contribution in [0.1, 0.15) is 27.7 Å². The van der Waals surface area contributed by atoms with Crippen LogP contribution in [0, 0.1) is 5.92 Å². The van der Waals surface area contributed by atoms with Crippen LogP contribution in [0.25, 0.3) is 0 Å². The topological polar surface area (TPSA) is 60.7 Å². The Kier molecular flexibility index (Phi) is 57.1. The molecule has 12 heavy (non-hydrogen) atoms. The van der Waals surface area contributed by atoms with Crippen LogP contribution in [0.15, 0.2) is 0 Å². The van der Waals surface area contributed by atoms with Gasteiger partial charge in [0.05, 0.1) is 0 Å². The van der Waals surface area contributed by atoms with Gasteiger partial charge in [-0.15, -0.1) is 0 Å². The molecule has 3 N–H and O–H groups in total. The molecular weight excluding hydrogens is 323 g/mol. The monoisotopic (exact) mass is 346 g/mol. The summed E-state index contributed by atoms with van der Waals surface area (Å²) < 4.78 is 0. The SMILES string of the molecule is CC(C)CO.CCO.CCO.[Hf]. The molecule has 0 rings (SSSR count). The van der Waals surface area contributed by atoms with Gasteiger partial charge in [0.2, 0.25) is 0 Å². The van der Waals surface area contributed by atoms with Crippen molar-refractivity contribution in [2.24, 2.45) is 5.92 Å². The second-order valence-electron chi connectivity index (χ2n) is 2.21. The van der Waals surface area contributed by atoms with Gasteiger partial charge in [0.1, 0.15) is 0 Å². The molecular formula is C8H22HfO3. The molecule has 0 saturated carbocycles. The fourth-order valence-corrected chi connectivity index (χ4v) is 0. The van der Waals surface area contributed by atoms with Crippen LogP contribution in [-0.2, 0) is 25.8 Å². The first-order chi connectivity index (χ1) is 5.10. The van der Waals surface area contributed by atoms with Gasteiger partial charge in [0.15, 0.2) is 0 Å². The summed E-state index contributed by atoms with van der Waals surface area (Å²) in [5.74, 6) is 0.440. The molecule has 0 aliphatic rings. The molecule has 0 unspecified atom stereocenters. The molecule has 0 heterocycles. The van der Waals surface area contributed by atoms with Crippen molar-refractivity contribution in [1.29, 1.82) is 0 Å². The van der Waals surface area contributed by atoms with Crippen LogP contribution in [-0.4, -0.2) is 35.1 Å². The van der Waals surface area contributed by atoms with Gasteiger partial charge in [-0.1, -0.05) is 13.8 Å². The van der Waals surface area contributed by atoms with E-state index in [1.165, 1.54) is 0 Å². The molecule has 0 amide bonds. The van der Waals surface area contributed by atoms with Gasteiger partial charge < -0.3 is 15.3 Å². The fraction of sp³-hybridized carbons (Fsp3) is 1.00. The van der Waals surface area contributed by atoms with E-state index in [0.29, 0.717) is 12.5 Å². The number of aliphatic hydroxyl groups is 3. The summed E-state index contributed by atoms with van der Waals surface area (Å²) in [6.45, 7) is 8.11. The molecule has 0 aromatic carbocycles. The normalized spacial score (nSPS) is 7.00. The Morgan fingerprint density at radius 2 is 1.00 bits per heavy atom. The molecule has 0 atom stereocenters. The summed E-state index contributed by atoms with van der Waals surface area (Å²) in [6, 6.07) is 0. The zero-order valence-corrected chi connectivity index (χ0v) is 12.1. The third kappa shape index (κ3) is 135. The molecule has 0 spiro atoms. The minimum Gasteiger partial charge on any atom is -0.397 e. The van der Waals surface area contributed by atoms with Crippen LogP contribution in [0.4, 0.5) is 0 Å². The second-order valence-corrected chi connectivity index (χ2v) is 2.21. The van der Waals surface area contributed by atoms with Crippen molar-refractivity contribution in [3.63, 3.8) is 0 Å². The van der Waals surface area contributed by atoms with Crippen molar-refractivity contribution in [2.45, 2.75) is 27.7 Å². The molecule has 4 heteroatoms. The van der Waals surface area contributed by atoms with Gasteiger partial charge in [0, 0.05) is 45.7 Å². The van der Waals surface area contributed by atoms with Gasteiger partial charge in [-0.3, -0.25) is 0 Å². The average molecular weight is 345 g/mol. The molecule has 0 bridgehead atoms. The summed E-state index contributed by atoms with van der Waals surface area (Å²) in [4.78, 5) is 0. The van der Waals surface area contributed by atoms with Crippen molar-refractivity contribution in [3.8, 4) is 0 Å². The molecule has 0 aromatic heterocycles. The average Bonchev–Trinajstić information content (AvgIpc) is 1.91. The van der Waals surface area contributed by atoms with E-state index >= 15 is 0 Å². The smallest absolute Gasteiger partial charge is 0.0453 e. The Balaban J connectivity index is -0.0000000406. The van der Waals surface area contributed by atoms with Crippen molar-refractivity contribution in [1.82, 2.24) is 0 Å². The van der Waals surface area contributed by atoms with E-state index in [-0.39, 0.29) is 39.1 Å². The van der Waals surface area contributed by atoms with E-state index in [9.17, 15) is 0 Å². The molecule has 76 valence electrons. The number of hydrogen-bond acceptors (Lipinski definition) is 3. The largest absolute Gasteiger partial charge is 0.397 e. The van der Waals surface area contributed by atoms with Gasteiger partial charge in [-0.05, 0) is 19.8 Å². The molecule has 0 aliphatic carbocycles. The Hall–Kier alpha value is 0.750. The first-order valence-electron chi connectivity index (χ1n) is 3.93. The van der Waals surface area contributed by atoms with E-state index < -0.39 is 0 Å². The van der Waals surface area contributed by atoms with Crippen LogP contribution >= 0.6 is 0 Å². The Morgan fingerprint density at radius 3 is 1.00 bits per heavy atom. The molecule has 0 aromatic rings. The van der Waals surface area contributed by atoms with Gasteiger partial charge in [-0.2, -0.15) is 0 Å². The van der Waals surface area contributed by atoms with E-state index in [2.05, 4.69) is 0 Å². The number of rotatable bonds is 1. The van der Waals surface area contributed by atoms with Gasteiger partial charge >= 0.3 is 0 Å². The predicted octanol–water partition coefficient (Wildman–Crippen LogP) is 0.629. The predicted molar refractivity (Wildman–Crippen MR) is 47.4 cm³/mol. The first kappa shape index (κ1) is 23.0. The van der Waals surface area contributed by atoms with E-state index in [1.807, 2.05) is 13.8 Å². The van der Waals surface area contributed by atoms with Crippen molar-refractivity contribution in [2.75, 3.05) is 19.8 Å². The van der Waals surface area contributed by atoms with Gasteiger partial charge in [-0.25, -0.2) is 0 Å². The summed E-state index contributed by atoms with van der Waals surface area (Å²) in [7, 11) is 0. The zero-order chi connectivity index (χ0) is 9.70. The number of aliphatic hydroxyl groups excluding tert-OH is 3. The van der Waals surface area contributed by atoms with Crippen molar-refractivity contribution >= 4 is 0 Å². The molecule has 0 radical (unpaired) electrons. The third-order valence-corrected chi connectivity index (χ3v) is 0.365. The fourth-order valence-electron chi connectivity index (χ4n) is 0. The summed E-state index contributed by atoms with van der Waals surface area (Å²) in [5, 5.41) is 23.3. The van der Waals surface area contributed by atoms with Crippen LogP contribution < -0.4 is 0 Å². The first-order valence-corrected chi connectivity index (χ1v) is 3.93. The van der Waals surface area contributed by atoms with E-state index in [0.717, 1.165) is 0 Å². The van der Waals surface area contributed by atoms with Crippen LogP contribution in [0.3, 0.4) is 0 Å². The van der Waals surface area contributed by atoms with Gasteiger partial charge in [0.25, 0.3) is 0 Å². The standard InChI is InChI=1S/C4H10O.2C2H6O.Hf/c1-4(2)3-5;2*1-2-3;/h4-5H,3H2,1-2H3;2*3H,2H2,1H3;.